The van der Waals surface area contributed by atoms with Crippen LogP contribution in [0.1, 0.15) is 18.9 Å². The fraction of sp³-hybridized carbons (Fsp3) is 0.308. The van der Waals surface area contributed by atoms with Gasteiger partial charge in [-0.05, 0) is 18.1 Å². The molecule has 100 valence electrons. The van der Waals surface area contributed by atoms with Crippen molar-refractivity contribution < 1.29 is 0 Å². The zero-order valence-electron chi connectivity index (χ0n) is 11.0. The van der Waals surface area contributed by atoms with E-state index < -0.39 is 0 Å². The number of rotatable bonds is 5. The molecule has 0 radical (unpaired) electrons. The smallest absolute Gasteiger partial charge is 0.188 e. The van der Waals surface area contributed by atoms with Crippen LogP contribution in [0.25, 0.3) is 5.82 Å². The van der Waals surface area contributed by atoms with E-state index in [-0.39, 0.29) is 0 Å². The first-order valence-electron chi connectivity index (χ1n) is 6.26. The molecule has 3 N–H and O–H groups in total. The molecule has 19 heavy (non-hydrogen) atoms. The summed E-state index contributed by atoms with van der Waals surface area (Å²) in [5.74, 6) is 1.31. The number of aliphatic imine (C=N–C) groups is 1. The molecule has 0 fully saturated rings. The Labute approximate surface area is 112 Å². The summed E-state index contributed by atoms with van der Waals surface area (Å²) in [5.41, 5.74) is 6.74. The van der Waals surface area contributed by atoms with Gasteiger partial charge in [-0.25, -0.2) is 15.0 Å². The molecule has 0 spiro atoms. The minimum absolute atomic E-state index is 0.473. The van der Waals surface area contributed by atoms with Crippen molar-refractivity contribution in [2.75, 3.05) is 6.54 Å². The first-order valence-corrected chi connectivity index (χ1v) is 6.26. The van der Waals surface area contributed by atoms with Gasteiger partial charge in [0.15, 0.2) is 5.96 Å². The molecule has 0 saturated heterocycles. The van der Waals surface area contributed by atoms with Gasteiger partial charge in [0.05, 0.1) is 6.54 Å². The number of guanidine groups is 1. The van der Waals surface area contributed by atoms with Crippen LogP contribution in [-0.4, -0.2) is 27.0 Å². The van der Waals surface area contributed by atoms with E-state index in [0.717, 1.165) is 24.3 Å². The van der Waals surface area contributed by atoms with Gasteiger partial charge in [0.2, 0.25) is 0 Å². The van der Waals surface area contributed by atoms with Crippen molar-refractivity contribution >= 4 is 5.96 Å². The van der Waals surface area contributed by atoms with Crippen LogP contribution in [0.5, 0.6) is 0 Å². The summed E-state index contributed by atoms with van der Waals surface area (Å²) < 4.78 is 1.85. The van der Waals surface area contributed by atoms with E-state index >= 15 is 0 Å². The van der Waals surface area contributed by atoms with E-state index in [1.54, 1.807) is 18.7 Å². The van der Waals surface area contributed by atoms with E-state index in [2.05, 4.69) is 27.2 Å². The van der Waals surface area contributed by atoms with Gasteiger partial charge >= 0.3 is 0 Å². The lowest BCUT2D eigenvalue weighted by atomic mass is 10.3. The molecule has 2 aromatic rings. The molecule has 2 rings (SSSR count). The summed E-state index contributed by atoms with van der Waals surface area (Å²) in [6.07, 6.45) is 8.11. The van der Waals surface area contributed by atoms with E-state index in [9.17, 15) is 0 Å². The molecule has 6 heteroatoms. The van der Waals surface area contributed by atoms with Gasteiger partial charge in [-0.2, -0.15) is 0 Å². The largest absolute Gasteiger partial charge is 0.370 e. The maximum atomic E-state index is 5.72. The Morgan fingerprint density at radius 2 is 2.37 bits per heavy atom. The Kier molecular flexibility index (Phi) is 4.49. The van der Waals surface area contributed by atoms with Crippen molar-refractivity contribution in [2.45, 2.75) is 19.9 Å². The number of pyridine rings is 1. The summed E-state index contributed by atoms with van der Waals surface area (Å²) in [5, 5.41) is 3.03. The number of nitrogens with one attached hydrogen (secondary N) is 1. The minimum atomic E-state index is 0.473. The number of nitrogens with two attached hydrogens (primary N) is 1. The lowest BCUT2D eigenvalue weighted by Gasteiger charge is -2.04. The van der Waals surface area contributed by atoms with Gasteiger partial charge < -0.3 is 11.1 Å². The molecule has 0 aliphatic heterocycles. The number of imidazole rings is 1. The van der Waals surface area contributed by atoms with Crippen LogP contribution in [0.2, 0.25) is 0 Å². The molecule has 0 bridgehead atoms. The third kappa shape index (κ3) is 3.80. The van der Waals surface area contributed by atoms with Crippen molar-refractivity contribution in [1.82, 2.24) is 19.9 Å². The molecule has 6 nitrogen and oxygen atoms in total. The Morgan fingerprint density at radius 3 is 3.00 bits per heavy atom. The third-order valence-corrected chi connectivity index (χ3v) is 2.57. The molecular weight excluding hydrogens is 240 g/mol. The summed E-state index contributed by atoms with van der Waals surface area (Å²) >= 11 is 0. The summed E-state index contributed by atoms with van der Waals surface area (Å²) in [6.45, 7) is 3.45. The fourth-order valence-corrected chi connectivity index (χ4v) is 1.54. The zero-order chi connectivity index (χ0) is 13.5. The fourth-order valence-electron chi connectivity index (χ4n) is 1.54. The first kappa shape index (κ1) is 13.1. The van der Waals surface area contributed by atoms with Crippen LogP contribution in [0.15, 0.2) is 42.0 Å². The molecule has 2 heterocycles. The van der Waals surface area contributed by atoms with Crippen LogP contribution < -0.4 is 11.1 Å². The van der Waals surface area contributed by atoms with E-state index in [1.807, 2.05) is 22.9 Å². The van der Waals surface area contributed by atoms with Crippen LogP contribution >= 0.6 is 0 Å². The topological polar surface area (TPSA) is 81.1 Å². The summed E-state index contributed by atoms with van der Waals surface area (Å²) in [4.78, 5) is 12.6. The predicted octanol–water partition coefficient (Wildman–Crippen LogP) is 1.08. The molecule has 0 saturated carbocycles. The molecule has 2 aromatic heterocycles. The van der Waals surface area contributed by atoms with E-state index in [0.29, 0.717) is 12.5 Å². The maximum absolute atomic E-state index is 5.72. The molecule has 0 amide bonds. The highest BCUT2D eigenvalue weighted by Gasteiger charge is 1.98. The molecule has 0 atom stereocenters. The standard InChI is InChI=1S/C13H18N6/c1-2-5-16-13(14)18-9-11-3-4-12(17-8-11)19-7-6-15-10-19/h3-4,6-8,10H,2,5,9H2,1H3,(H3,14,16,18). The number of hydrogen-bond acceptors (Lipinski definition) is 3. The van der Waals surface area contributed by atoms with Crippen molar-refractivity contribution in [3.05, 3.63) is 42.6 Å². The van der Waals surface area contributed by atoms with E-state index in [1.165, 1.54) is 0 Å². The van der Waals surface area contributed by atoms with Crippen molar-refractivity contribution in [2.24, 2.45) is 10.7 Å². The van der Waals surface area contributed by atoms with Crippen LogP contribution in [0, 0.1) is 0 Å². The normalized spacial score (nSPS) is 11.5. The first-order chi connectivity index (χ1) is 9.29. The van der Waals surface area contributed by atoms with Crippen LogP contribution in [0.3, 0.4) is 0 Å². The molecular formula is C13H18N6. The van der Waals surface area contributed by atoms with Gasteiger partial charge in [0, 0.05) is 25.1 Å². The Balaban J connectivity index is 1.95. The number of aromatic nitrogens is 3. The highest BCUT2D eigenvalue weighted by Crippen LogP contribution is 2.06. The van der Waals surface area contributed by atoms with Crippen molar-refractivity contribution in [3.8, 4) is 5.82 Å². The van der Waals surface area contributed by atoms with Gasteiger partial charge in [0.1, 0.15) is 12.1 Å². The average molecular weight is 258 g/mol. The van der Waals surface area contributed by atoms with Crippen LogP contribution in [0.4, 0.5) is 0 Å². The third-order valence-electron chi connectivity index (χ3n) is 2.57. The predicted molar refractivity (Wildman–Crippen MR) is 75.0 cm³/mol. The molecule has 0 unspecified atom stereocenters. The van der Waals surface area contributed by atoms with Crippen molar-refractivity contribution in [1.29, 1.82) is 0 Å². The Hall–Kier alpha value is -2.37. The van der Waals surface area contributed by atoms with E-state index in [4.69, 9.17) is 5.73 Å². The highest BCUT2D eigenvalue weighted by atomic mass is 15.1. The quantitative estimate of drug-likeness (QED) is 0.621. The minimum Gasteiger partial charge on any atom is -0.370 e. The summed E-state index contributed by atoms with van der Waals surface area (Å²) in [7, 11) is 0. The summed E-state index contributed by atoms with van der Waals surface area (Å²) in [6, 6.07) is 3.92. The number of nitrogens with zero attached hydrogens (tertiary/aromatic N) is 4. The maximum Gasteiger partial charge on any atom is 0.188 e. The molecule has 0 aliphatic carbocycles. The highest BCUT2D eigenvalue weighted by molar-refractivity contribution is 5.77. The number of hydrogen-bond donors (Lipinski definition) is 2. The Bertz CT molecular complexity index is 515. The Morgan fingerprint density at radius 1 is 1.47 bits per heavy atom. The van der Waals surface area contributed by atoms with Crippen molar-refractivity contribution in [3.63, 3.8) is 0 Å². The van der Waals surface area contributed by atoms with Gasteiger partial charge in [-0.1, -0.05) is 13.0 Å². The second-order valence-electron chi connectivity index (χ2n) is 4.12. The van der Waals surface area contributed by atoms with Gasteiger partial charge in [0.25, 0.3) is 0 Å². The average Bonchev–Trinajstić information content (AvgIpc) is 2.97. The molecule has 0 aromatic carbocycles. The lowest BCUT2D eigenvalue weighted by Crippen LogP contribution is -2.32. The second-order valence-corrected chi connectivity index (χ2v) is 4.12. The SMILES string of the molecule is CCCNC(N)=NCc1ccc(-n2ccnc2)nc1. The lowest BCUT2D eigenvalue weighted by molar-refractivity contribution is 0.825. The van der Waals surface area contributed by atoms with Gasteiger partial charge in [-0.3, -0.25) is 4.57 Å². The van der Waals surface area contributed by atoms with Gasteiger partial charge in [-0.15, -0.1) is 0 Å². The zero-order valence-corrected chi connectivity index (χ0v) is 11.0. The molecule has 0 aliphatic rings. The second kappa shape index (κ2) is 6.53. The monoisotopic (exact) mass is 258 g/mol. The van der Waals surface area contributed by atoms with Crippen LogP contribution in [-0.2, 0) is 6.54 Å².